The first-order valence-corrected chi connectivity index (χ1v) is 36.6. The fourth-order valence-electron chi connectivity index (χ4n) is 15.9. The van der Waals surface area contributed by atoms with Crippen LogP contribution in [0.4, 0.5) is 34.1 Å². The van der Waals surface area contributed by atoms with Gasteiger partial charge in [0, 0.05) is 45.0 Å². The number of hydrogen-bond acceptors (Lipinski definition) is 2. The third kappa shape index (κ3) is 12.4. The summed E-state index contributed by atoms with van der Waals surface area (Å²) in [6.45, 7) is 44.3. The van der Waals surface area contributed by atoms with Gasteiger partial charge in [-0.05, 0) is 219 Å². The average molecular weight is 1300 g/mol. The van der Waals surface area contributed by atoms with Crippen molar-refractivity contribution in [1.82, 2.24) is 0 Å². The Balaban J connectivity index is 1.22. The molecular formula is C97H99BN2. The van der Waals surface area contributed by atoms with Crippen molar-refractivity contribution in [2.75, 3.05) is 9.80 Å². The molecule has 500 valence electrons. The summed E-state index contributed by atoms with van der Waals surface area (Å²) in [4.78, 5) is 5.52. The normalized spacial score (nSPS) is 13.1. The van der Waals surface area contributed by atoms with Crippen LogP contribution >= 0.6 is 0 Å². The summed E-state index contributed by atoms with van der Waals surface area (Å²) in [5.74, 6) is 0.687. The van der Waals surface area contributed by atoms with Gasteiger partial charge in [0.2, 0.25) is 0 Å². The second kappa shape index (κ2) is 25.5. The van der Waals surface area contributed by atoms with E-state index in [0.29, 0.717) is 11.8 Å². The van der Waals surface area contributed by atoms with Crippen LogP contribution in [0.1, 0.15) is 173 Å². The number of fused-ring (bicyclic) bond motifs is 4. The smallest absolute Gasteiger partial charge is 0.252 e. The number of aryl methyl sites for hydroxylation is 3. The molecule has 0 spiro atoms. The molecule has 0 aromatic heterocycles. The topological polar surface area (TPSA) is 6.48 Å². The van der Waals surface area contributed by atoms with E-state index in [-0.39, 0.29) is 28.4 Å². The van der Waals surface area contributed by atoms with E-state index in [0.717, 1.165) is 33.9 Å². The number of hydrogen-bond donors (Lipinski definition) is 0. The molecule has 12 aromatic carbocycles. The molecule has 2 nitrogen and oxygen atoms in total. The van der Waals surface area contributed by atoms with E-state index in [2.05, 4.69) is 384 Å². The van der Waals surface area contributed by atoms with Gasteiger partial charge in [0.05, 0.1) is 11.4 Å². The van der Waals surface area contributed by atoms with Crippen LogP contribution in [-0.2, 0) is 21.7 Å². The number of anilines is 6. The Labute approximate surface area is 599 Å². The molecule has 2 aliphatic heterocycles. The molecule has 0 fully saturated rings. The maximum absolute atomic E-state index is 2.76. The quantitative estimate of drug-likeness (QED) is 0.119. The molecule has 2 heterocycles. The van der Waals surface area contributed by atoms with Gasteiger partial charge in [0.25, 0.3) is 6.71 Å². The third-order valence-corrected chi connectivity index (χ3v) is 21.5. The molecule has 0 saturated carbocycles. The van der Waals surface area contributed by atoms with Crippen LogP contribution in [0.15, 0.2) is 243 Å². The lowest BCUT2D eigenvalue weighted by atomic mass is 9.33. The molecule has 0 aliphatic carbocycles. The highest BCUT2D eigenvalue weighted by Gasteiger charge is 2.46. The second-order valence-electron chi connectivity index (χ2n) is 33.6. The minimum Gasteiger partial charge on any atom is -0.310 e. The van der Waals surface area contributed by atoms with E-state index in [1.54, 1.807) is 0 Å². The molecule has 100 heavy (non-hydrogen) atoms. The lowest BCUT2D eigenvalue weighted by molar-refractivity contribution is 0.589. The molecule has 0 saturated heterocycles. The van der Waals surface area contributed by atoms with Crippen LogP contribution in [-0.4, -0.2) is 6.71 Å². The van der Waals surface area contributed by atoms with Crippen molar-refractivity contribution in [3.63, 3.8) is 0 Å². The van der Waals surface area contributed by atoms with Crippen LogP contribution in [0.25, 0.3) is 77.9 Å². The zero-order valence-corrected chi connectivity index (χ0v) is 62.7. The lowest BCUT2D eigenvalue weighted by Crippen LogP contribution is -2.61. The highest BCUT2D eigenvalue weighted by molar-refractivity contribution is 7.00. The average Bonchev–Trinajstić information content (AvgIpc) is 0.686. The summed E-state index contributed by atoms with van der Waals surface area (Å²) >= 11 is 0. The van der Waals surface area contributed by atoms with Gasteiger partial charge < -0.3 is 9.80 Å². The van der Waals surface area contributed by atoms with Gasteiger partial charge in [-0.1, -0.05) is 310 Å². The van der Waals surface area contributed by atoms with E-state index in [1.807, 2.05) is 0 Å². The largest absolute Gasteiger partial charge is 0.310 e. The lowest BCUT2D eigenvalue weighted by Gasteiger charge is -2.46. The molecule has 0 amide bonds. The molecule has 14 rings (SSSR count). The standard InChI is InChI=1S/C97H99BN2/c1-60(2)68-41-44-78(79(51-68)61(3)4)71-42-45-84-86(52-71)99(92-80(66-33-25-21-26-34-66)56-76(96(14,15)16)58-82(92)69-37-29-39-74(49-69)94(8,9)10)88-54-73(65-31-23-20-24-32-65)55-89-91(88)98(84)85-46-43-72(90-63(6)47-62(5)48-64(90)7)53-87(85)100(89)93-81(67-35-27-22-28-36-67)57-77(97(17,18)19)59-83(93)70-38-30-40-75(50-70)95(11,12)13/h20-61H,1-19H3. The summed E-state index contributed by atoms with van der Waals surface area (Å²) in [6, 6.07) is 95.1. The van der Waals surface area contributed by atoms with Crippen LogP contribution in [0.3, 0.4) is 0 Å². The molecule has 0 unspecified atom stereocenters. The predicted octanol–water partition coefficient (Wildman–Crippen LogP) is 25.8. The van der Waals surface area contributed by atoms with Gasteiger partial charge >= 0.3 is 0 Å². The van der Waals surface area contributed by atoms with Gasteiger partial charge in [0.1, 0.15) is 0 Å². The molecule has 0 radical (unpaired) electrons. The van der Waals surface area contributed by atoms with Crippen LogP contribution in [0, 0.1) is 20.8 Å². The van der Waals surface area contributed by atoms with Gasteiger partial charge in [0.15, 0.2) is 0 Å². The van der Waals surface area contributed by atoms with Crippen molar-refractivity contribution in [3.8, 4) is 77.9 Å². The molecular weight excluding hydrogens is 1200 g/mol. The van der Waals surface area contributed by atoms with Crippen molar-refractivity contribution in [2.24, 2.45) is 0 Å². The van der Waals surface area contributed by atoms with Gasteiger partial charge in [-0.3, -0.25) is 0 Å². The predicted molar refractivity (Wildman–Crippen MR) is 436 cm³/mol. The number of benzene rings is 12. The van der Waals surface area contributed by atoms with E-state index < -0.39 is 0 Å². The Morgan fingerprint density at radius 2 is 0.670 bits per heavy atom. The fraction of sp³-hybridized carbons (Fsp3) is 0.258. The van der Waals surface area contributed by atoms with Crippen LogP contribution in [0.5, 0.6) is 0 Å². The zero-order valence-electron chi connectivity index (χ0n) is 62.7. The summed E-state index contributed by atoms with van der Waals surface area (Å²) in [6.07, 6.45) is 0. The van der Waals surface area contributed by atoms with E-state index in [4.69, 9.17) is 0 Å². The monoisotopic (exact) mass is 1300 g/mol. The highest BCUT2D eigenvalue weighted by Crippen LogP contribution is 2.56. The van der Waals surface area contributed by atoms with E-state index in [9.17, 15) is 0 Å². The Morgan fingerprint density at radius 3 is 1.09 bits per heavy atom. The maximum atomic E-state index is 2.76. The first-order chi connectivity index (χ1) is 47.5. The molecule has 0 bridgehead atoms. The van der Waals surface area contributed by atoms with Gasteiger partial charge in [-0.15, -0.1) is 0 Å². The van der Waals surface area contributed by atoms with E-state index >= 15 is 0 Å². The highest BCUT2D eigenvalue weighted by atomic mass is 15.2. The minimum absolute atomic E-state index is 0.103. The maximum Gasteiger partial charge on any atom is 0.252 e. The number of nitrogens with zero attached hydrogens (tertiary/aromatic N) is 2. The summed E-state index contributed by atoms with van der Waals surface area (Å²) in [5.41, 5.74) is 38.7. The van der Waals surface area contributed by atoms with Gasteiger partial charge in [-0.2, -0.15) is 0 Å². The first kappa shape index (κ1) is 67.5. The zero-order chi connectivity index (χ0) is 70.6. The van der Waals surface area contributed by atoms with Crippen molar-refractivity contribution in [3.05, 3.63) is 293 Å². The molecule has 0 N–H and O–H groups in total. The summed E-state index contributed by atoms with van der Waals surface area (Å²) in [5, 5.41) is 0. The fourth-order valence-corrected chi connectivity index (χ4v) is 15.9. The summed E-state index contributed by atoms with van der Waals surface area (Å²) in [7, 11) is 0. The van der Waals surface area contributed by atoms with Gasteiger partial charge in [-0.25, -0.2) is 0 Å². The van der Waals surface area contributed by atoms with Crippen molar-refractivity contribution < 1.29 is 0 Å². The number of rotatable bonds is 11. The minimum atomic E-state index is -0.202. The Hall–Kier alpha value is -9.70. The van der Waals surface area contributed by atoms with Crippen molar-refractivity contribution >= 4 is 57.2 Å². The van der Waals surface area contributed by atoms with E-state index in [1.165, 1.54) is 145 Å². The Bertz CT molecular complexity index is 5110. The Kier molecular flexibility index (Phi) is 17.2. The first-order valence-electron chi connectivity index (χ1n) is 36.6. The summed E-state index contributed by atoms with van der Waals surface area (Å²) < 4.78 is 0. The second-order valence-corrected chi connectivity index (χ2v) is 33.6. The van der Waals surface area contributed by atoms with Crippen molar-refractivity contribution in [1.29, 1.82) is 0 Å². The molecule has 12 aromatic rings. The molecule has 0 atom stereocenters. The molecule has 2 aliphatic rings. The van der Waals surface area contributed by atoms with Crippen molar-refractivity contribution in [2.45, 2.75) is 165 Å². The third-order valence-electron chi connectivity index (χ3n) is 21.5. The molecule has 3 heteroatoms. The SMILES string of the molecule is Cc1cc(C)c(-c2ccc3c(c2)N(c2c(-c4ccccc4)cc(C(C)(C)C)cc2-c2cccc(C(C)(C)C)c2)c2cc(-c4ccccc4)cc4c2B3c2ccc(-c3ccc(C(C)C)cc3C(C)C)cc2N4c2c(-c3ccccc3)cc(C(C)(C)C)cc2-c2cccc(C(C)(C)C)c2)c(C)c1. The van der Waals surface area contributed by atoms with Crippen LogP contribution < -0.4 is 26.2 Å². The van der Waals surface area contributed by atoms with Crippen LogP contribution in [0.2, 0.25) is 0 Å². The Morgan fingerprint density at radius 1 is 0.290 bits per heavy atom.